The van der Waals surface area contributed by atoms with E-state index in [0.29, 0.717) is 23.9 Å². The molecule has 0 heterocycles. The highest BCUT2D eigenvalue weighted by atomic mass is 31.2. The summed E-state index contributed by atoms with van der Waals surface area (Å²) in [4.78, 5) is 37.6. The topological polar surface area (TPSA) is 111 Å². The molecule has 0 aliphatic carbocycles. The Balaban J connectivity index is 4.39. The number of nitrogens with zero attached hydrogens (tertiary/aromatic N) is 1. The number of ether oxygens (including phenoxy) is 2. The summed E-state index contributed by atoms with van der Waals surface area (Å²) in [5.74, 6) is -0.930. The molecule has 0 amide bonds. The fourth-order valence-electron chi connectivity index (χ4n) is 6.45. The lowest BCUT2D eigenvalue weighted by atomic mass is 10.0. The quantitative estimate of drug-likeness (QED) is 0.0195. The van der Waals surface area contributed by atoms with Crippen LogP contribution < -0.4 is 4.89 Å². The number of carbonyl (C=O) groups excluding carboxylic acids is 2. The molecule has 0 aromatic carbocycles. The largest absolute Gasteiger partial charge is 0.756 e. The van der Waals surface area contributed by atoms with Gasteiger partial charge in [0.1, 0.15) is 19.8 Å². The Hall–Kier alpha value is -2.55. The fraction of sp³-hybridized carbons (Fsp3) is 0.731. The van der Waals surface area contributed by atoms with Gasteiger partial charge in [0, 0.05) is 12.8 Å². The second-order valence-corrected chi connectivity index (χ2v) is 18.9. The lowest BCUT2D eigenvalue weighted by Crippen LogP contribution is -2.37. The summed E-state index contributed by atoms with van der Waals surface area (Å²) in [6, 6.07) is 0. The number of carbonyl (C=O) groups is 2. The third kappa shape index (κ3) is 46.9. The van der Waals surface area contributed by atoms with Gasteiger partial charge in [-0.3, -0.25) is 14.2 Å². The van der Waals surface area contributed by atoms with E-state index in [-0.39, 0.29) is 26.1 Å². The summed E-state index contributed by atoms with van der Waals surface area (Å²) in [6.07, 6.45) is 55.2. The van der Waals surface area contributed by atoms with E-state index in [9.17, 15) is 19.0 Å². The van der Waals surface area contributed by atoms with E-state index in [1.165, 1.54) is 96.3 Å². The van der Waals surface area contributed by atoms with Crippen molar-refractivity contribution in [2.24, 2.45) is 0 Å². The zero-order valence-electron chi connectivity index (χ0n) is 40.3. The van der Waals surface area contributed by atoms with Crippen LogP contribution in [0, 0.1) is 0 Å². The number of likely N-dealkylation sites (N-methyl/N-ethyl adjacent to an activating group) is 1. The standard InChI is InChI=1S/C52H92NO8P/c1-6-8-10-12-14-16-18-20-22-24-26-28-30-32-34-36-38-40-42-44-51(54)58-48-50(49-60-62(56,57)59-47-46-53(3,4)5)61-52(55)45-43-41-39-37-35-33-31-29-27-25-23-21-19-17-15-13-11-9-7-2/h8,10,14,16,20,22,26,28,32,34,38,40,50H,6-7,9,11-13,15,17-19,21,23-25,27,29-31,33,35-37,39,41-49H2,1-5H3/b10-8+,16-14+,22-20+,28-26+,34-32+,40-38+/t50-/m1/s1. The lowest BCUT2D eigenvalue weighted by Gasteiger charge is -2.28. The monoisotopic (exact) mass is 890 g/mol. The summed E-state index contributed by atoms with van der Waals surface area (Å²) in [5.41, 5.74) is 0. The summed E-state index contributed by atoms with van der Waals surface area (Å²) in [5, 5.41) is 0. The Morgan fingerprint density at radius 1 is 0.516 bits per heavy atom. The van der Waals surface area contributed by atoms with Crippen molar-refractivity contribution in [2.75, 3.05) is 47.5 Å². The first-order valence-corrected chi connectivity index (χ1v) is 26.1. The van der Waals surface area contributed by atoms with E-state index in [1.807, 2.05) is 33.3 Å². The van der Waals surface area contributed by atoms with Gasteiger partial charge in [-0.15, -0.1) is 0 Å². The van der Waals surface area contributed by atoms with Crippen molar-refractivity contribution in [3.63, 3.8) is 0 Å². The number of esters is 2. The molecule has 0 bridgehead atoms. The predicted octanol–water partition coefficient (Wildman–Crippen LogP) is 13.9. The van der Waals surface area contributed by atoms with Gasteiger partial charge in [-0.1, -0.05) is 202 Å². The van der Waals surface area contributed by atoms with Crippen molar-refractivity contribution in [3.05, 3.63) is 72.9 Å². The number of phosphoric ester groups is 1. The molecule has 0 aliphatic heterocycles. The molecule has 0 aromatic heterocycles. The van der Waals surface area contributed by atoms with Crippen molar-refractivity contribution in [3.8, 4) is 0 Å². The van der Waals surface area contributed by atoms with Crippen LogP contribution in [0.1, 0.15) is 194 Å². The minimum absolute atomic E-state index is 0.0439. The van der Waals surface area contributed by atoms with Crippen LogP contribution in [0.3, 0.4) is 0 Å². The van der Waals surface area contributed by atoms with E-state index in [4.69, 9.17) is 18.5 Å². The van der Waals surface area contributed by atoms with Crippen molar-refractivity contribution in [1.29, 1.82) is 0 Å². The second-order valence-electron chi connectivity index (χ2n) is 17.5. The van der Waals surface area contributed by atoms with Gasteiger partial charge in [-0.05, 0) is 51.4 Å². The number of rotatable bonds is 44. The highest BCUT2D eigenvalue weighted by Gasteiger charge is 2.21. The van der Waals surface area contributed by atoms with E-state index < -0.39 is 32.5 Å². The van der Waals surface area contributed by atoms with Crippen LogP contribution in [-0.2, 0) is 32.7 Å². The van der Waals surface area contributed by atoms with Crippen LogP contribution in [0.25, 0.3) is 0 Å². The van der Waals surface area contributed by atoms with Crippen molar-refractivity contribution >= 4 is 19.8 Å². The molecule has 62 heavy (non-hydrogen) atoms. The summed E-state index contributed by atoms with van der Waals surface area (Å²) >= 11 is 0. The van der Waals surface area contributed by atoms with Crippen LogP contribution in [0.15, 0.2) is 72.9 Å². The van der Waals surface area contributed by atoms with Gasteiger partial charge < -0.3 is 27.9 Å². The molecule has 0 aromatic rings. The van der Waals surface area contributed by atoms with Crippen LogP contribution in [0.5, 0.6) is 0 Å². The fourth-order valence-corrected chi connectivity index (χ4v) is 7.17. The molecule has 9 nitrogen and oxygen atoms in total. The van der Waals surface area contributed by atoms with Gasteiger partial charge in [0.25, 0.3) is 7.82 Å². The number of hydrogen-bond acceptors (Lipinski definition) is 8. The molecule has 0 saturated carbocycles. The van der Waals surface area contributed by atoms with Crippen LogP contribution in [0.4, 0.5) is 0 Å². The van der Waals surface area contributed by atoms with Gasteiger partial charge in [0.15, 0.2) is 6.10 Å². The van der Waals surface area contributed by atoms with E-state index in [2.05, 4.69) is 74.6 Å². The highest BCUT2D eigenvalue weighted by molar-refractivity contribution is 7.45. The van der Waals surface area contributed by atoms with Crippen molar-refractivity contribution in [2.45, 2.75) is 200 Å². The first kappa shape index (κ1) is 59.5. The smallest absolute Gasteiger partial charge is 0.306 e. The van der Waals surface area contributed by atoms with Gasteiger partial charge >= 0.3 is 11.9 Å². The molecule has 0 spiro atoms. The molecule has 0 fully saturated rings. The third-order valence-electron chi connectivity index (χ3n) is 10.3. The molecule has 358 valence electrons. The molecule has 0 aliphatic rings. The molecule has 0 saturated heterocycles. The SMILES string of the molecule is CC/C=C/C/C=C/C/C=C/C/C=C/C/C=C/C/C=C/CCC(=O)OC[C@H](COP(=O)([O-])OCC[N+](C)(C)C)OC(=O)CCCCCCCCCCCCCCCCCCCCC. The Morgan fingerprint density at radius 2 is 0.919 bits per heavy atom. The van der Waals surface area contributed by atoms with E-state index >= 15 is 0 Å². The summed E-state index contributed by atoms with van der Waals surface area (Å²) in [6.45, 7) is 4.04. The Bertz CT molecular complexity index is 1280. The van der Waals surface area contributed by atoms with Gasteiger partial charge in [0.05, 0.1) is 27.7 Å². The highest BCUT2D eigenvalue weighted by Crippen LogP contribution is 2.38. The molecule has 10 heteroatoms. The molecular formula is C52H92NO8P. The molecule has 0 N–H and O–H groups in total. The lowest BCUT2D eigenvalue weighted by molar-refractivity contribution is -0.870. The van der Waals surface area contributed by atoms with Crippen LogP contribution in [-0.4, -0.2) is 70.0 Å². The molecule has 0 radical (unpaired) electrons. The third-order valence-corrected chi connectivity index (χ3v) is 11.2. The minimum Gasteiger partial charge on any atom is -0.756 e. The van der Waals surface area contributed by atoms with Gasteiger partial charge in [-0.2, -0.15) is 0 Å². The Morgan fingerprint density at radius 3 is 1.34 bits per heavy atom. The summed E-state index contributed by atoms with van der Waals surface area (Å²) in [7, 11) is 1.12. The first-order valence-electron chi connectivity index (χ1n) is 24.6. The van der Waals surface area contributed by atoms with Crippen LogP contribution >= 0.6 is 7.82 Å². The predicted molar refractivity (Wildman–Crippen MR) is 259 cm³/mol. The van der Waals surface area contributed by atoms with Crippen molar-refractivity contribution in [1.82, 2.24) is 0 Å². The molecule has 2 atom stereocenters. The van der Waals surface area contributed by atoms with Gasteiger partial charge in [0.2, 0.25) is 0 Å². The molecule has 0 rings (SSSR count). The maximum atomic E-state index is 12.7. The number of hydrogen-bond donors (Lipinski definition) is 0. The number of quaternary nitrogens is 1. The molecule has 1 unspecified atom stereocenters. The number of allylic oxidation sites excluding steroid dienone is 12. The normalized spacial score (nSPS) is 14.1. The van der Waals surface area contributed by atoms with E-state index in [1.54, 1.807) is 0 Å². The summed E-state index contributed by atoms with van der Waals surface area (Å²) < 4.78 is 33.9. The Labute approximate surface area is 380 Å². The maximum absolute atomic E-state index is 12.7. The van der Waals surface area contributed by atoms with Gasteiger partial charge in [-0.25, -0.2) is 0 Å². The first-order chi connectivity index (χ1) is 30.0. The second kappa shape index (κ2) is 43.7. The zero-order chi connectivity index (χ0) is 45.7. The number of phosphoric acid groups is 1. The number of unbranched alkanes of at least 4 members (excludes halogenated alkanes) is 18. The van der Waals surface area contributed by atoms with Crippen molar-refractivity contribution < 1.29 is 42.1 Å². The Kier molecular flexibility index (Phi) is 41.9. The minimum atomic E-state index is -4.65. The molecular weight excluding hydrogens is 798 g/mol. The average molecular weight is 890 g/mol. The van der Waals surface area contributed by atoms with Crippen LogP contribution in [0.2, 0.25) is 0 Å². The average Bonchev–Trinajstić information content (AvgIpc) is 3.23. The van der Waals surface area contributed by atoms with E-state index in [0.717, 1.165) is 57.8 Å². The maximum Gasteiger partial charge on any atom is 0.306 e. The zero-order valence-corrected chi connectivity index (χ0v) is 41.2.